The minimum absolute atomic E-state index is 0.0800. The molecule has 0 aliphatic carbocycles. The highest BCUT2D eigenvalue weighted by molar-refractivity contribution is 5.70. The molecule has 176 valence electrons. The molecular weight excluding hydrogens is 437 g/mol. The lowest BCUT2D eigenvalue weighted by Crippen LogP contribution is -2.30. The molecule has 1 aromatic heterocycles. The van der Waals surface area contributed by atoms with Crippen molar-refractivity contribution in [2.45, 2.75) is 26.3 Å². The summed E-state index contributed by atoms with van der Waals surface area (Å²) in [5, 5.41) is 15.9. The maximum absolute atomic E-state index is 12.7. The Morgan fingerprint density at radius 3 is 2.45 bits per heavy atom. The third-order valence-corrected chi connectivity index (χ3v) is 4.78. The molecule has 3 rings (SSSR count). The number of hydrogen-bond donors (Lipinski definition) is 3. The number of para-hydroxylation sites is 2. The van der Waals surface area contributed by atoms with Crippen molar-refractivity contribution in [3.63, 3.8) is 0 Å². The van der Waals surface area contributed by atoms with E-state index in [1.165, 1.54) is 18.2 Å². The van der Waals surface area contributed by atoms with Crippen molar-refractivity contribution < 1.29 is 27.8 Å². The zero-order valence-corrected chi connectivity index (χ0v) is 18.3. The molecule has 0 spiro atoms. The topological polar surface area (TPSA) is 88.5 Å². The van der Waals surface area contributed by atoms with Crippen LogP contribution in [0.25, 0.3) is 11.3 Å². The van der Waals surface area contributed by atoms with Crippen LogP contribution in [-0.4, -0.2) is 41.2 Å². The number of halogens is 3. The molecule has 1 heterocycles. The van der Waals surface area contributed by atoms with Crippen molar-refractivity contribution in [1.82, 2.24) is 9.97 Å². The van der Waals surface area contributed by atoms with Crippen molar-refractivity contribution in [2.24, 2.45) is 5.92 Å². The summed E-state index contributed by atoms with van der Waals surface area (Å²) in [4.78, 5) is 8.92. The first-order valence-electron chi connectivity index (χ1n) is 10.2. The Kier molecular flexibility index (Phi) is 7.59. The van der Waals surface area contributed by atoms with Crippen LogP contribution >= 0.6 is 0 Å². The van der Waals surface area contributed by atoms with Gasteiger partial charge >= 0.3 is 6.36 Å². The van der Waals surface area contributed by atoms with Gasteiger partial charge in [0.2, 0.25) is 5.95 Å². The summed E-state index contributed by atoms with van der Waals surface area (Å²) in [5.41, 5.74) is 1.40. The average Bonchev–Trinajstić information content (AvgIpc) is 2.76. The van der Waals surface area contributed by atoms with Crippen LogP contribution in [0.3, 0.4) is 0 Å². The Labute approximate surface area is 189 Å². The van der Waals surface area contributed by atoms with E-state index in [4.69, 9.17) is 4.74 Å². The van der Waals surface area contributed by atoms with E-state index in [9.17, 15) is 18.3 Å². The number of hydrogen-bond acceptors (Lipinski definition) is 7. The second-order valence-electron chi connectivity index (χ2n) is 7.54. The number of nitrogens with one attached hydrogen (secondary N) is 2. The number of rotatable bonds is 9. The Bertz CT molecular complexity index is 1080. The molecule has 1 atom stereocenters. The lowest BCUT2D eigenvalue weighted by atomic mass is 10.1. The lowest BCUT2D eigenvalue weighted by Gasteiger charge is -2.21. The predicted molar refractivity (Wildman–Crippen MR) is 120 cm³/mol. The number of aromatic nitrogens is 2. The van der Waals surface area contributed by atoms with Crippen LogP contribution in [0.2, 0.25) is 0 Å². The minimum Gasteiger partial charge on any atom is -0.495 e. The van der Waals surface area contributed by atoms with Gasteiger partial charge < -0.3 is 25.2 Å². The largest absolute Gasteiger partial charge is 0.573 e. The van der Waals surface area contributed by atoms with Crippen LogP contribution in [0.1, 0.15) is 13.8 Å². The number of anilines is 3. The van der Waals surface area contributed by atoms with Crippen LogP contribution < -0.4 is 20.1 Å². The van der Waals surface area contributed by atoms with Crippen molar-refractivity contribution in [3.05, 3.63) is 54.6 Å². The molecule has 0 saturated heterocycles. The van der Waals surface area contributed by atoms with Gasteiger partial charge in [0.1, 0.15) is 17.3 Å². The van der Waals surface area contributed by atoms with E-state index in [1.54, 1.807) is 31.4 Å². The SMILES string of the molecule is COc1ccccc1Nc1cc(-c2cccc(OC(F)(F)F)c2)nc(N[C@H](CO)C(C)C)n1. The third-order valence-electron chi connectivity index (χ3n) is 4.78. The van der Waals surface area contributed by atoms with Gasteiger partial charge in [-0.2, -0.15) is 4.98 Å². The summed E-state index contributed by atoms with van der Waals surface area (Å²) in [6.45, 7) is 3.72. The number of benzene rings is 2. The van der Waals surface area contributed by atoms with Crippen molar-refractivity contribution in [2.75, 3.05) is 24.4 Å². The molecule has 0 aliphatic rings. The molecule has 0 radical (unpaired) electrons. The van der Waals surface area contributed by atoms with E-state index in [2.05, 4.69) is 25.3 Å². The van der Waals surface area contributed by atoms with Gasteiger partial charge in [-0.25, -0.2) is 4.98 Å². The minimum atomic E-state index is -4.81. The summed E-state index contributed by atoms with van der Waals surface area (Å²) >= 11 is 0. The first-order chi connectivity index (χ1) is 15.7. The number of aliphatic hydroxyl groups is 1. The zero-order chi connectivity index (χ0) is 24.0. The Hall–Kier alpha value is -3.53. The Morgan fingerprint density at radius 1 is 1.03 bits per heavy atom. The second kappa shape index (κ2) is 10.4. The molecule has 10 heteroatoms. The molecule has 0 aliphatic heterocycles. The second-order valence-corrected chi connectivity index (χ2v) is 7.54. The quantitative estimate of drug-likeness (QED) is 0.402. The van der Waals surface area contributed by atoms with Crippen molar-refractivity contribution in [1.29, 1.82) is 0 Å². The molecule has 0 saturated carbocycles. The van der Waals surface area contributed by atoms with Gasteiger partial charge in [-0.05, 0) is 30.2 Å². The predicted octanol–water partition coefficient (Wildman–Crippen LogP) is 5.22. The first-order valence-corrected chi connectivity index (χ1v) is 10.2. The van der Waals surface area contributed by atoms with Crippen LogP contribution in [0, 0.1) is 5.92 Å². The number of nitrogens with zero attached hydrogens (tertiary/aromatic N) is 2. The molecule has 3 N–H and O–H groups in total. The maximum Gasteiger partial charge on any atom is 0.573 e. The Morgan fingerprint density at radius 2 is 1.79 bits per heavy atom. The van der Waals surface area contributed by atoms with E-state index < -0.39 is 6.36 Å². The summed E-state index contributed by atoms with van der Waals surface area (Å²) in [5.74, 6) is 0.900. The molecule has 0 unspecified atom stereocenters. The van der Waals surface area contributed by atoms with E-state index >= 15 is 0 Å². The highest BCUT2D eigenvalue weighted by atomic mass is 19.4. The molecular formula is C23H25F3N4O3. The van der Waals surface area contributed by atoms with E-state index in [0.29, 0.717) is 28.5 Å². The van der Waals surface area contributed by atoms with Gasteiger partial charge in [0, 0.05) is 11.6 Å². The standard InChI is InChI=1S/C23H25F3N4O3/c1-14(2)19(13-31)29-22-28-18(15-7-6-8-16(11-15)33-23(24,25)26)12-21(30-22)27-17-9-4-5-10-20(17)32-3/h4-12,14,19,31H,13H2,1-3H3,(H2,27,28,29,30)/t19-/m1/s1. The number of methoxy groups -OCH3 is 1. The van der Waals surface area contributed by atoms with Gasteiger partial charge in [0.05, 0.1) is 31.1 Å². The van der Waals surface area contributed by atoms with Gasteiger partial charge in [-0.3, -0.25) is 0 Å². The van der Waals surface area contributed by atoms with E-state index in [1.807, 2.05) is 26.0 Å². The molecule has 2 aromatic carbocycles. The highest BCUT2D eigenvalue weighted by Crippen LogP contribution is 2.31. The number of alkyl halides is 3. The third kappa shape index (κ3) is 6.72. The Balaban J connectivity index is 2.03. The van der Waals surface area contributed by atoms with E-state index in [0.717, 1.165) is 0 Å². The molecule has 3 aromatic rings. The molecule has 0 bridgehead atoms. The lowest BCUT2D eigenvalue weighted by molar-refractivity contribution is -0.274. The van der Waals surface area contributed by atoms with Crippen LogP contribution in [0.15, 0.2) is 54.6 Å². The van der Waals surface area contributed by atoms with Gasteiger partial charge in [-0.15, -0.1) is 13.2 Å². The first kappa shape index (κ1) is 24.1. The van der Waals surface area contributed by atoms with Crippen LogP contribution in [0.4, 0.5) is 30.6 Å². The highest BCUT2D eigenvalue weighted by Gasteiger charge is 2.31. The van der Waals surface area contributed by atoms with Gasteiger partial charge in [0.15, 0.2) is 0 Å². The summed E-state index contributed by atoms with van der Waals surface area (Å²) in [6.07, 6.45) is -4.81. The molecule has 0 amide bonds. The summed E-state index contributed by atoms with van der Waals surface area (Å²) in [7, 11) is 1.54. The summed E-state index contributed by atoms with van der Waals surface area (Å²) < 4.78 is 47.4. The maximum atomic E-state index is 12.7. The van der Waals surface area contributed by atoms with Crippen molar-refractivity contribution >= 4 is 17.5 Å². The van der Waals surface area contributed by atoms with Gasteiger partial charge in [0.25, 0.3) is 0 Å². The molecule has 0 fully saturated rings. The average molecular weight is 462 g/mol. The van der Waals surface area contributed by atoms with Crippen LogP contribution in [0.5, 0.6) is 11.5 Å². The van der Waals surface area contributed by atoms with Crippen LogP contribution in [-0.2, 0) is 0 Å². The number of ether oxygens (including phenoxy) is 2. The van der Waals surface area contributed by atoms with Crippen molar-refractivity contribution in [3.8, 4) is 22.8 Å². The fourth-order valence-electron chi connectivity index (χ4n) is 3.05. The molecule has 7 nitrogen and oxygen atoms in total. The normalized spacial score (nSPS) is 12.4. The zero-order valence-electron chi connectivity index (χ0n) is 18.3. The molecule has 33 heavy (non-hydrogen) atoms. The van der Waals surface area contributed by atoms with Gasteiger partial charge in [-0.1, -0.05) is 38.1 Å². The summed E-state index contributed by atoms with van der Waals surface area (Å²) in [6, 6.07) is 14.0. The fraction of sp³-hybridized carbons (Fsp3) is 0.304. The fourth-order valence-corrected chi connectivity index (χ4v) is 3.05. The van der Waals surface area contributed by atoms with E-state index in [-0.39, 0.29) is 30.3 Å². The smallest absolute Gasteiger partial charge is 0.495 e. The monoisotopic (exact) mass is 462 g/mol. The number of aliphatic hydroxyl groups excluding tert-OH is 1.